The summed E-state index contributed by atoms with van der Waals surface area (Å²) in [6, 6.07) is 12.9. The Labute approximate surface area is 141 Å². The van der Waals surface area contributed by atoms with Crippen molar-refractivity contribution >= 4 is 6.21 Å². The summed E-state index contributed by atoms with van der Waals surface area (Å²) in [6.45, 7) is 0.716. The molecule has 2 aromatic rings. The Morgan fingerprint density at radius 2 is 1.58 bits per heavy atom. The Kier molecular flexibility index (Phi) is 6.76. The minimum absolute atomic E-state index is 0.328. The first-order chi connectivity index (χ1) is 11.8. The van der Waals surface area contributed by atoms with Gasteiger partial charge in [0.1, 0.15) is 18.1 Å². The van der Waals surface area contributed by atoms with E-state index in [1.54, 1.807) is 27.5 Å². The van der Waals surface area contributed by atoms with Crippen LogP contribution in [0, 0.1) is 0 Å². The molecule has 2 rings (SSSR count). The molecule has 6 heteroatoms. The first-order valence-corrected chi connectivity index (χ1v) is 7.41. The zero-order valence-corrected chi connectivity index (χ0v) is 14.0. The molecule has 0 atom stereocenters. The highest BCUT2D eigenvalue weighted by Gasteiger charge is 2.07. The van der Waals surface area contributed by atoms with Gasteiger partial charge in [-0.2, -0.15) is 0 Å². The maximum absolute atomic E-state index is 5.54. The van der Waals surface area contributed by atoms with Gasteiger partial charge in [-0.05, 0) is 36.4 Å². The Hall–Kier alpha value is -2.89. The van der Waals surface area contributed by atoms with Crippen molar-refractivity contribution in [1.29, 1.82) is 0 Å². The molecule has 0 spiro atoms. The van der Waals surface area contributed by atoms with Crippen molar-refractivity contribution in [2.75, 3.05) is 34.5 Å². The summed E-state index contributed by atoms with van der Waals surface area (Å²) in [7, 11) is 4.80. The third-order valence-electron chi connectivity index (χ3n) is 3.20. The molecule has 0 saturated heterocycles. The number of para-hydroxylation sites is 1. The molecule has 0 aliphatic rings. The number of ether oxygens (including phenoxy) is 4. The Morgan fingerprint density at radius 1 is 0.833 bits per heavy atom. The monoisotopic (exact) mass is 331 g/mol. The van der Waals surface area contributed by atoms with E-state index in [1.165, 1.54) is 0 Å². The molecule has 2 aromatic carbocycles. The maximum Gasteiger partial charge on any atom is 0.169 e. The van der Waals surface area contributed by atoms with E-state index in [-0.39, 0.29) is 0 Å². The second-order valence-corrected chi connectivity index (χ2v) is 4.67. The fraction of sp³-hybridized carbons (Fsp3) is 0.278. The summed E-state index contributed by atoms with van der Waals surface area (Å²) < 4.78 is 21.2. The van der Waals surface area contributed by atoms with Crippen LogP contribution in [0.5, 0.6) is 23.0 Å². The van der Waals surface area contributed by atoms with Crippen molar-refractivity contribution in [3.63, 3.8) is 0 Å². The zero-order valence-electron chi connectivity index (χ0n) is 14.0. The maximum atomic E-state index is 5.54. The summed E-state index contributed by atoms with van der Waals surface area (Å²) in [4.78, 5) is 5.20. The average Bonchev–Trinajstić information content (AvgIpc) is 2.64. The van der Waals surface area contributed by atoms with Crippen LogP contribution in [0.15, 0.2) is 47.6 Å². The highest BCUT2D eigenvalue weighted by atomic mass is 16.6. The van der Waals surface area contributed by atoms with Gasteiger partial charge in [-0.25, -0.2) is 0 Å². The summed E-state index contributed by atoms with van der Waals surface area (Å²) in [6.07, 6.45) is 1.58. The number of hydrogen-bond acceptors (Lipinski definition) is 6. The summed E-state index contributed by atoms with van der Waals surface area (Å²) in [5.74, 6) is 2.79. The van der Waals surface area contributed by atoms with E-state index in [9.17, 15) is 0 Å². The van der Waals surface area contributed by atoms with Crippen LogP contribution in [0.4, 0.5) is 0 Å². The summed E-state index contributed by atoms with van der Waals surface area (Å²) in [5, 5.41) is 3.92. The van der Waals surface area contributed by atoms with E-state index in [0.29, 0.717) is 24.7 Å². The van der Waals surface area contributed by atoms with E-state index in [1.807, 2.05) is 42.5 Å². The molecule has 0 aliphatic carbocycles. The number of rotatable bonds is 9. The van der Waals surface area contributed by atoms with Gasteiger partial charge in [0.2, 0.25) is 0 Å². The SMILES string of the molecule is COc1ccc(OCCO/N=C\c2cccc(OC)c2OC)cc1. The van der Waals surface area contributed by atoms with Gasteiger partial charge in [0, 0.05) is 5.56 Å². The fourth-order valence-electron chi connectivity index (χ4n) is 2.03. The molecule has 0 bridgehead atoms. The minimum Gasteiger partial charge on any atom is -0.497 e. The van der Waals surface area contributed by atoms with Gasteiger partial charge >= 0.3 is 0 Å². The summed E-state index contributed by atoms with van der Waals surface area (Å²) >= 11 is 0. The van der Waals surface area contributed by atoms with Crippen LogP contribution >= 0.6 is 0 Å². The van der Waals surface area contributed by atoms with Gasteiger partial charge in [0.05, 0.1) is 27.5 Å². The van der Waals surface area contributed by atoms with Crippen LogP contribution in [0.1, 0.15) is 5.56 Å². The van der Waals surface area contributed by atoms with Crippen molar-refractivity contribution in [3.8, 4) is 23.0 Å². The highest BCUT2D eigenvalue weighted by molar-refractivity contribution is 5.84. The topological polar surface area (TPSA) is 58.5 Å². The smallest absolute Gasteiger partial charge is 0.169 e. The predicted molar refractivity (Wildman–Crippen MR) is 91.6 cm³/mol. The van der Waals surface area contributed by atoms with Crippen molar-refractivity contribution in [3.05, 3.63) is 48.0 Å². The Bertz CT molecular complexity index is 655. The van der Waals surface area contributed by atoms with Gasteiger partial charge in [-0.3, -0.25) is 0 Å². The molecule has 0 aliphatic heterocycles. The van der Waals surface area contributed by atoms with Crippen molar-refractivity contribution in [1.82, 2.24) is 0 Å². The first kappa shape index (κ1) is 17.5. The number of oxime groups is 1. The zero-order chi connectivity index (χ0) is 17.2. The number of hydrogen-bond donors (Lipinski definition) is 0. The van der Waals surface area contributed by atoms with Gasteiger partial charge in [-0.1, -0.05) is 11.2 Å². The molecule has 0 amide bonds. The van der Waals surface area contributed by atoms with E-state index >= 15 is 0 Å². The molecule has 0 saturated carbocycles. The van der Waals surface area contributed by atoms with Gasteiger partial charge in [-0.15, -0.1) is 0 Å². The first-order valence-electron chi connectivity index (χ1n) is 7.41. The van der Waals surface area contributed by atoms with E-state index < -0.39 is 0 Å². The molecule has 0 aromatic heterocycles. The van der Waals surface area contributed by atoms with Crippen LogP contribution in [0.25, 0.3) is 0 Å². The fourth-order valence-corrected chi connectivity index (χ4v) is 2.03. The van der Waals surface area contributed by atoms with Gasteiger partial charge in [0.15, 0.2) is 18.1 Å². The van der Waals surface area contributed by atoms with E-state index in [0.717, 1.165) is 17.1 Å². The Balaban J connectivity index is 1.78. The van der Waals surface area contributed by atoms with Gasteiger partial charge in [0.25, 0.3) is 0 Å². The second-order valence-electron chi connectivity index (χ2n) is 4.67. The van der Waals surface area contributed by atoms with Crippen LogP contribution in [0.3, 0.4) is 0 Å². The molecule has 24 heavy (non-hydrogen) atoms. The lowest BCUT2D eigenvalue weighted by molar-refractivity contribution is 0.108. The molecule has 6 nitrogen and oxygen atoms in total. The standard InChI is InChI=1S/C18H21NO5/c1-20-15-7-9-16(10-8-15)23-11-12-24-19-13-14-5-4-6-17(21-2)18(14)22-3/h4-10,13H,11-12H2,1-3H3/b19-13-. The predicted octanol–water partition coefficient (Wildman–Crippen LogP) is 3.14. The lowest BCUT2D eigenvalue weighted by atomic mass is 10.2. The van der Waals surface area contributed by atoms with Gasteiger partial charge < -0.3 is 23.8 Å². The van der Waals surface area contributed by atoms with Crippen molar-refractivity contribution < 1.29 is 23.8 Å². The number of nitrogens with zero attached hydrogens (tertiary/aromatic N) is 1. The van der Waals surface area contributed by atoms with Crippen molar-refractivity contribution in [2.45, 2.75) is 0 Å². The normalized spacial score (nSPS) is 10.5. The molecule has 0 fully saturated rings. The van der Waals surface area contributed by atoms with Crippen LogP contribution < -0.4 is 18.9 Å². The van der Waals surface area contributed by atoms with Crippen LogP contribution in [-0.4, -0.2) is 40.8 Å². The molecule has 128 valence electrons. The molecule has 0 radical (unpaired) electrons. The molecule has 0 heterocycles. The largest absolute Gasteiger partial charge is 0.497 e. The molecular weight excluding hydrogens is 310 g/mol. The van der Waals surface area contributed by atoms with E-state index in [4.69, 9.17) is 23.8 Å². The average molecular weight is 331 g/mol. The van der Waals surface area contributed by atoms with Crippen LogP contribution in [0.2, 0.25) is 0 Å². The lowest BCUT2D eigenvalue weighted by Gasteiger charge is -2.09. The quantitative estimate of drug-likeness (QED) is 0.401. The molecule has 0 N–H and O–H groups in total. The third kappa shape index (κ3) is 4.81. The second kappa shape index (κ2) is 9.29. The lowest BCUT2D eigenvalue weighted by Crippen LogP contribution is -2.04. The number of benzene rings is 2. The number of methoxy groups -OCH3 is 3. The summed E-state index contributed by atoms with van der Waals surface area (Å²) in [5.41, 5.74) is 0.771. The molecule has 0 unspecified atom stereocenters. The minimum atomic E-state index is 0.328. The van der Waals surface area contributed by atoms with Crippen LogP contribution in [-0.2, 0) is 4.84 Å². The molecular formula is C18H21NO5. The third-order valence-corrected chi connectivity index (χ3v) is 3.20. The Morgan fingerprint density at radius 3 is 2.25 bits per heavy atom. The van der Waals surface area contributed by atoms with Crippen molar-refractivity contribution in [2.24, 2.45) is 5.16 Å². The highest BCUT2D eigenvalue weighted by Crippen LogP contribution is 2.29. The van der Waals surface area contributed by atoms with E-state index in [2.05, 4.69) is 5.16 Å².